The van der Waals surface area contributed by atoms with Gasteiger partial charge in [0, 0.05) is 37.3 Å². The highest BCUT2D eigenvalue weighted by Gasteiger charge is 2.30. The maximum Gasteiger partial charge on any atom is 0.250 e. The summed E-state index contributed by atoms with van der Waals surface area (Å²) in [6, 6.07) is 6.86. The molecule has 0 radical (unpaired) electrons. The molecule has 2 aromatic carbocycles. The fourth-order valence-electron chi connectivity index (χ4n) is 2.98. The van der Waals surface area contributed by atoms with Crippen LogP contribution in [-0.2, 0) is 4.79 Å². The smallest absolute Gasteiger partial charge is 0.250 e. The van der Waals surface area contributed by atoms with Crippen LogP contribution in [0, 0.1) is 23.3 Å². The number of anilines is 1. The lowest BCUT2D eigenvalue weighted by molar-refractivity contribution is -0.115. The number of hydrogen-bond donors (Lipinski definition) is 1. The van der Waals surface area contributed by atoms with Gasteiger partial charge in [0.25, 0.3) is 0 Å². The van der Waals surface area contributed by atoms with E-state index in [4.69, 9.17) is 35.4 Å². The maximum atomic E-state index is 14.1. The number of carbonyl (C=O) groups is 1. The Balaban J connectivity index is 1.59. The number of rotatable bonds is 3. The minimum atomic E-state index is -1.65. The van der Waals surface area contributed by atoms with E-state index in [1.807, 2.05) is 0 Å². The molecular weight excluding hydrogens is 477 g/mol. The van der Waals surface area contributed by atoms with Crippen LogP contribution in [0.4, 0.5) is 23.2 Å². The minimum absolute atomic E-state index is 0.0188. The lowest BCUT2D eigenvalue weighted by atomic mass is 10.2. The average Bonchev–Trinajstić information content (AvgIpc) is 2.76. The van der Waals surface area contributed by atoms with Crippen LogP contribution in [0.25, 0.3) is 6.08 Å². The van der Waals surface area contributed by atoms with E-state index in [0.717, 1.165) is 10.5 Å². The zero-order valence-corrected chi connectivity index (χ0v) is 18.1. The molecule has 2 aromatic rings. The lowest BCUT2D eigenvalue weighted by Gasteiger charge is -2.37. The number of thiocarbonyl (C=S) groups is 1. The monoisotopic (exact) mass is 491 g/mol. The number of amides is 1. The van der Waals surface area contributed by atoms with Crippen LogP contribution >= 0.6 is 35.4 Å². The number of hydrogen-bond acceptors (Lipinski definition) is 3. The number of carbonyl (C=O) groups excluding carboxylic acids is 1. The molecule has 1 aliphatic heterocycles. The molecule has 0 unspecified atom stereocenters. The largest absolute Gasteiger partial charge is 0.363 e. The number of nitrogens with one attached hydrogen (secondary N) is 1. The molecule has 0 spiro atoms. The molecule has 0 atom stereocenters. The zero-order valence-electron chi connectivity index (χ0n) is 15.8. The molecule has 0 aliphatic carbocycles. The molecule has 1 aliphatic rings. The van der Waals surface area contributed by atoms with E-state index >= 15 is 0 Å². The van der Waals surface area contributed by atoms with E-state index in [9.17, 15) is 22.4 Å². The second-order valence-electron chi connectivity index (χ2n) is 6.57. The van der Waals surface area contributed by atoms with Crippen LogP contribution in [0.15, 0.2) is 30.3 Å². The van der Waals surface area contributed by atoms with Crippen molar-refractivity contribution in [2.75, 3.05) is 31.1 Å². The quantitative estimate of drug-likeness (QED) is 0.220. The van der Waals surface area contributed by atoms with Crippen LogP contribution in [-0.4, -0.2) is 42.1 Å². The Morgan fingerprint density at radius 3 is 2.03 bits per heavy atom. The van der Waals surface area contributed by atoms with Gasteiger partial charge in [0.05, 0.1) is 0 Å². The normalized spacial score (nSPS) is 14.3. The molecule has 0 bridgehead atoms. The second-order valence-corrected chi connectivity index (χ2v) is 7.77. The first-order chi connectivity index (χ1) is 14.7. The molecule has 1 heterocycles. The molecule has 4 nitrogen and oxygen atoms in total. The third kappa shape index (κ3) is 5.28. The third-order valence-corrected chi connectivity index (χ3v) is 5.54. The van der Waals surface area contributed by atoms with Crippen molar-refractivity contribution in [2.45, 2.75) is 0 Å². The van der Waals surface area contributed by atoms with E-state index in [1.54, 1.807) is 35.2 Å². The summed E-state index contributed by atoms with van der Waals surface area (Å²) in [6.07, 6.45) is 2.89. The molecular formula is C20H15Cl2F4N3OS. The van der Waals surface area contributed by atoms with Crippen molar-refractivity contribution in [3.63, 3.8) is 0 Å². The summed E-state index contributed by atoms with van der Waals surface area (Å²) in [6.45, 7) is 0.380. The van der Waals surface area contributed by atoms with Gasteiger partial charge in [0.15, 0.2) is 28.4 Å². The van der Waals surface area contributed by atoms with E-state index in [0.29, 0.717) is 5.02 Å². The van der Waals surface area contributed by atoms with Gasteiger partial charge >= 0.3 is 0 Å². The van der Waals surface area contributed by atoms with Crippen molar-refractivity contribution >= 4 is 58.2 Å². The first kappa shape index (κ1) is 23.3. The first-order valence-electron chi connectivity index (χ1n) is 8.99. The molecule has 1 N–H and O–H groups in total. The van der Waals surface area contributed by atoms with Crippen molar-refractivity contribution in [3.05, 3.63) is 69.2 Å². The fourth-order valence-corrected chi connectivity index (χ4v) is 3.55. The molecule has 164 valence electrons. The first-order valence-corrected chi connectivity index (χ1v) is 10.2. The Labute approximate surface area is 191 Å². The Kier molecular flexibility index (Phi) is 7.40. The van der Waals surface area contributed by atoms with Gasteiger partial charge in [0.1, 0.15) is 10.7 Å². The third-order valence-electron chi connectivity index (χ3n) is 4.60. The Morgan fingerprint density at radius 1 is 0.935 bits per heavy atom. The van der Waals surface area contributed by atoms with Gasteiger partial charge in [-0.1, -0.05) is 35.3 Å². The highest BCUT2D eigenvalue weighted by Crippen LogP contribution is 2.33. The van der Waals surface area contributed by atoms with Crippen LogP contribution in [0.3, 0.4) is 0 Å². The number of piperazine rings is 1. The summed E-state index contributed by atoms with van der Waals surface area (Å²) < 4.78 is 55.7. The Morgan fingerprint density at radius 2 is 1.48 bits per heavy atom. The standard InChI is InChI=1S/C20H15Cl2F4N3OS/c21-12-4-1-11(2-5-12)3-6-13(30)27-20(31)29-9-7-28(8-10-29)19-17(25)15(23)14(22)16(24)18(19)26/h1-6H,7-10H2,(H,27,30,31)/b6-3+. The Bertz CT molecular complexity index is 1010. The van der Waals surface area contributed by atoms with Crippen LogP contribution in [0.5, 0.6) is 0 Å². The van der Waals surface area contributed by atoms with Crippen molar-refractivity contribution in [1.82, 2.24) is 10.2 Å². The summed E-state index contributed by atoms with van der Waals surface area (Å²) in [4.78, 5) is 14.8. The predicted molar refractivity (Wildman–Crippen MR) is 116 cm³/mol. The summed E-state index contributed by atoms with van der Waals surface area (Å²) in [5.41, 5.74) is -0.0505. The Hall–Kier alpha value is -2.36. The fraction of sp³-hybridized carbons (Fsp3) is 0.200. The summed E-state index contributed by atoms with van der Waals surface area (Å²) in [7, 11) is 0. The number of nitrogens with zero attached hydrogens (tertiary/aromatic N) is 2. The van der Waals surface area contributed by atoms with Gasteiger partial charge in [0.2, 0.25) is 5.91 Å². The molecule has 0 saturated carbocycles. The minimum Gasteiger partial charge on any atom is -0.363 e. The van der Waals surface area contributed by atoms with Gasteiger partial charge in [-0.3, -0.25) is 10.1 Å². The number of halogens is 6. The average molecular weight is 492 g/mol. The molecule has 31 heavy (non-hydrogen) atoms. The van der Waals surface area contributed by atoms with Crippen LogP contribution < -0.4 is 10.2 Å². The van der Waals surface area contributed by atoms with Gasteiger partial charge in [-0.15, -0.1) is 0 Å². The topological polar surface area (TPSA) is 35.6 Å². The highest BCUT2D eigenvalue weighted by atomic mass is 35.5. The SMILES string of the molecule is O=C(/C=C/c1ccc(Cl)cc1)NC(=S)N1CCN(c2c(F)c(F)c(Cl)c(F)c2F)CC1. The van der Waals surface area contributed by atoms with Crippen molar-refractivity contribution < 1.29 is 22.4 Å². The van der Waals surface area contributed by atoms with Crippen LogP contribution in [0.2, 0.25) is 10.0 Å². The maximum absolute atomic E-state index is 14.1. The second kappa shape index (κ2) is 9.84. The molecule has 11 heteroatoms. The molecule has 3 rings (SSSR count). The highest BCUT2D eigenvalue weighted by molar-refractivity contribution is 7.80. The van der Waals surface area contributed by atoms with Gasteiger partial charge < -0.3 is 9.80 Å². The zero-order chi connectivity index (χ0) is 22.7. The lowest BCUT2D eigenvalue weighted by Crippen LogP contribution is -2.53. The number of benzene rings is 2. The summed E-state index contributed by atoms with van der Waals surface area (Å²) in [5, 5.41) is 2.01. The van der Waals surface area contributed by atoms with Crippen LogP contribution in [0.1, 0.15) is 5.56 Å². The molecule has 1 amide bonds. The van der Waals surface area contributed by atoms with Crippen molar-refractivity contribution in [1.29, 1.82) is 0 Å². The molecule has 0 aromatic heterocycles. The van der Waals surface area contributed by atoms with E-state index in [2.05, 4.69) is 5.32 Å². The van der Waals surface area contributed by atoms with Gasteiger partial charge in [-0.25, -0.2) is 17.6 Å². The van der Waals surface area contributed by atoms with Crippen molar-refractivity contribution in [3.8, 4) is 0 Å². The predicted octanol–water partition coefficient (Wildman–Crippen LogP) is 4.79. The van der Waals surface area contributed by atoms with E-state index in [1.165, 1.54) is 6.08 Å². The van der Waals surface area contributed by atoms with E-state index in [-0.39, 0.29) is 31.3 Å². The summed E-state index contributed by atoms with van der Waals surface area (Å²) >= 11 is 16.3. The van der Waals surface area contributed by atoms with Gasteiger partial charge in [-0.2, -0.15) is 0 Å². The molecule has 1 saturated heterocycles. The molecule has 1 fully saturated rings. The van der Waals surface area contributed by atoms with E-state index < -0.39 is 39.9 Å². The summed E-state index contributed by atoms with van der Waals surface area (Å²) in [5.74, 6) is -6.86. The van der Waals surface area contributed by atoms with Gasteiger partial charge in [-0.05, 0) is 36.0 Å². The van der Waals surface area contributed by atoms with Crippen molar-refractivity contribution in [2.24, 2.45) is 0 Å².